The lowest BCUT2D eigenvalue weighted by Gasteiger charge is -2.15. The van der Waals surface area contributed by atoms with Gasteiger partial charge in [-0.25, -0.2) is 4.98 Å². The first-order valence-electron chi connectivity index (χ1n) is 8.75. The first-order chi connectivity index (χ1) is 13.4. The number of aryl methyl sites for hydroxylation is 2. The predicted octanol–water partition coefficient (Wildman–Crippen LogP) is 3.30. The number of nitrogens with zero attached hydrogens (tertiary/aromatic N) is 1. The topological polar surface area (TPSA) is 94.3 Å². The second-order valence-corrected chi connectivity index (χ2v) is 7.43. The van der Waals surface area contributed by atoms with Gasteiger partial charge in [-0.05, 0) is 31.5 Å². The summed E-state index contributed by atoms with van der Waals surface area (Å²) < 4.78 is 5.73. The summed E-state index contributed by atoms with van der Waals surface area (Å²) >= 11 is 1.24. The van der Waals surface area contributed by atoms with E-state index < -0.39 is 11.9 Å². The Morgan fingerprint density at radius 2 is 1.79 bits per heavy atom. The third-order valence-corrected chi connectivity index (χ3v) is 5.25. The third-order valence-electron chi connectivity index (χ3n) is 4.12. The summed E-state index contributed by atoms with van der Waals surface area (Å²) in [6.45, 7) is 4.02. The Morgan fingerprint density at radius 1 is 1.11 bits per heavy atom. The van der Waals surface area contributed by atoms with Gasteiger partial charge in [0, 0.05) is 0 Å². The monoisotopic (exact) mass is 395 g/mol. The molecule has 0 radical (unpaired) electrons. The molecule has 0 aliphatic carbocycles. The molecule has 0 bridgehead atoms. The number of hydrogen-bond acceptors (Lipinski definition) is 5. The average molecular weight is 395 g/mol. The summed E-state index contributed by atoms with van der Waals surface area (Å²) in [7, 11) is 0. The highest BCUT2D eigenvalue weighted by Crippen LogP contribution is 2.22. The normalized spacial score (nSPS) is 11.6. The SMILES string of the molecule is Cc1ccc(OCc2nc(C)c(C(=O)N[C@H](C(N)=O)c3ccccc3)s2)cc1. The van der Waals surface area contributed by atoms with Crippen molar-refractivity contribution >= 4 is 23.2 Å². The molecule has 1 heterocycles. The number of carbonyl (C=O) groups excluding carboxylic acids is 2. The smallest absolute Gasteiger partial charge is 0.264 e. The highest BCUT2D eigenvalue weighted by molar-refractivity contribution is 7.13. The molecule has 3 N–H and O–H groups in total. The molecule has 1 atom stereocenters. The van der Waals surface area contributed by atoms with Gasteiger partial charge in [-0.15, -0.1) is 11.3 Å². The number of hydrogen-bond donors (Lipinski definition) is 2. The zero-order valence-electron chi connectivity index (χ0n) is 15.6. The van der Waals surface area contributed by atoms with Crippen molar-refractivity contribution in [2.45, 2.75) is 26.5 Å². The van der Waals surface area contributed by atoms with Gasteiger partial charge in [-0.3, -0.25) is 9.59 Å². The van der Waals surface area contributed by atoms with Crippen molar-refractivity contribution in [3.8, 4) is 5.75 Å². The maximum Gasteiger partial charge on any atom is 0.264 e. The number of primary amides is 1. The number of carbonyl (C=O) groups is 2. The van der Waals surface area contributed by atoms with Crippen LogP contribution in [0.3, 0.4) is 0 Å². The second kappa shape index (κ2) is 8.67. The van der Waals surface area contributed by atoms with Crippen molar-refractivity contribution in [2.24, 2.45) is 5.73 Å². The summed E-state index contributed by atoms with van der Waals surface area (Å²) in [5, 5.41) is 3.38. The van der Waals surface area contributed by atoms with Crippen LogP contribution in [-0.4, -0.2) is 16.8 Å². The minimum atomic E-state index is -0.901. The Bertz CT molecular complexity index is 968. The summed E-state index contributed by atoms with van der Waals surface area (Å²) in [5.74, 6) is -0.267. The third kappa shape index (κ3) is 4.75. The molecule has 0 spiro atoms. The fourth-order valence-corrected chi connectivity index (χ4v) is 3.55. The van der Waals surface area contributed by atoms with Crippen LogP contribution in [0, 0.1) is 13.8 Å². The Kier molecular flexibility index (Phi) is 6.06. The van der Waals surface area contributed by atoms with E-state index in [2.05, 4.69) is 10.3 Å². The van der Waals surface area contributed by atoms with Gasteiger partial charge in [0.2, 0.25) is 5.91 Å². The number of ether oxygens (including phenoxy) is 1. The van der Waals surface area contributed by atoms with Crippen LogP contribution in [0.5, 0.6) is 5.75 Å². The van der Waals surface area contributed by atoms with Gasteiger partial charge in [-0.2, -0.15) is 0 Å². The summed E-state index contributed by atoms with van der Waals surface area (Å²) in [6, 6.07) is 15.7. The molecule has 0 aliphatic heterocycles. The van der Waals surface area contributed by atoms with Crippen LogP contribution in [0.15, 0.2) is 54.6 Å². The van der Waals surface area contributed by atoms with E-state index in [1.165, 1.54) is 11.3 Å². The molecule has 1 aromatic heterocycles. The first kappa shape index (κ1) is 19.6. The molecule has 7 heteroatoms. The molecule has 0 saturated heterocycles. The molecule has 0 unspecified atom stereocenters. The average Bonchev–Trinajstić information content (AvgIpc) is 3.06. The Hall–Kier alpha value is -3.19. The standard InChI is InChI=1S/C21H21N3O3S/c1-13-8-10-16(11-9-13)27-12-17-23-14(2)19(28-17)21(26)24-18(20(22)25)15-6-4-3-5-7-15/h3-11,18H,12H2,1-2H3,(H2,22,25)(H,24,26)/t18-/m0/s1. The van der Waals surface area contributed by atoms with E-state index in [1.54, 1.807) is 31.2 Å². The van der Waals surface area contributed by atoms with Crippen molar-refractivity contribution in [1.82, 2.24) is 10.3 Å². The van der Waals surface area contributed by atoms with Crippen molar-refractivity contribution in [2.75, 3.05) is 0 Å². The maximum absolute atomic E-state index is 12.7. The van der Waals surface area contributed by atoms with Gasteiger partial charge in [0.1, 0.15) is 28.3 Å². The Morgan fingerprint density at radius 3 is 2.43 bits per heavy atom. The summed E-state index contributed by atoms with van der Waals surface area (Å²) in [4.78, 5) is 29.3. The van der Waals surface area contributed by atoms with E-state index in [0.717, 1.165) is 11.3 Å². The Labute approximate surface area is 167 Å². The van der Waals surface area contributed by atoms with Crippen molar-refractivity contribution in [1.29, 1.82) is 0 Å². The van der Waals surface area contributed by atoms with Gasteiger partial charge in [0.15, 0.2) is 0 Å². The largest absolute Gasteiger partial charge is 0.486 e. The lowest BCUT2D eigenvalue weighted by molar-refractivity contribution is -0.120. The Balaban J connectivity index is 1.70. The molecule has 3 rings (SSSR count). The van der Waals surface area contributed by atoms with Crippen LogP contribution in [0.25, 0.3) is 0 Å². The maximum atomic E-state index is 12.7. The van der Waals surface area contributed by atoms with E-state index in [1.807, 2.05) is 37.3 Å². The number of amides is 2. The molecule has 0 aliphatic rings. The first-order valence-corrected chi connectivity index (χ1v) is 9.56. The van der Waals surface area contributed by atoms with Gasteiger partial charge in [0.25, 0.3) is 5.91 Å². The molecule has 144 valence electrons. The van der Waals surface area contributed by atoms with E-state index in [0.29, 0.717) is 21.1 Å². The second-order valence-electron chi connectivity index (χ2n) is 6.34. The summed E-state index contributed by atoms with van der Waals surface area (Å²) in [6.07, 6.45) is 0. The van der Waals surface area contributed by atoms with Crippen molar-refractivity contribution in [3.63, 3.8) is 0 Å². The molecule has 0 fully saturated rings. The lowest BCUT2D eigenvalue weighted by Crippen LogP contribution is -2.37. The molecule has 6 nitrogen and oxygen atoms in total. The molecule has 28 heavy (non-hydrogen) atoms. The lowest BCUT2D eigenvalue weighted by atomic mass is 10.1. The quantitative estimate of drug-likeness (QED) is 0.642. The van der Waals surface area contributed by atoms with Crippen LogP contribution in [0.2, 0.25) is 0 Å². The zero-order chi connectivity index (χ0) is 20.1. The number of nitrogens with one attached hydrogen (secondary N) is 1. The molecule has 2 amide bonds. The molecular weight excluding hydrogens is 374 g/mol. The van der Waals surface area contributed by atoms with Crippen LogP contribution in [0.1, 0.15) is 37.5 Å². The number of nitrogens with two attached hydrogens (primary N) is 1. The van der Waals surface area contributed by atoms with E-state index in [4.69, 9.17) is 10.5 Å². The molecule has 3 aromatic rings. The van der Waals surface area contributed by atoms with Gasteiger partial charge in [-0.1, -0.05) is 48.0 Å². The minimum Gasteiger partial charge on any atom is -0.486 e. The highest BCUT2D eigenvalue weighted by atomic mass is 32.1. The molecule has 2 aromatic carbocycles. The fraction of sp³-hybridized carbons (Fsp3) is 0.190. The number of thiazole rings is 1. The minimum absolute atomic E-state index is 0.264. The molecule has 0 saturated carbocycles. The summed E-state index contributed by atoms with van der Waals surface area (Å²) in [5.41, 5.74) is 7.84. The number of aromatic nitrogens is 1. The number of benzene rings is 2. The van der Waals surface area contributed by atoms with Crippen LogP contribution in [0.4, 0.5) is 0 Å². The fourth-order valence-electron chi connectivity index (χ4n) is 2.67. The van der Waals surface area contributed by atoms with Crippen LogP contribution >= 0.6 is 11.3 Å². The van der Waals surface area contributed by atoms with E-state index >= 15 is 0 Å². The molecular formula is C21H21N3O3S. The van der Waals surface area contributed by atoms with Crippen LogP contribution in [-0.2, 0) is 11.4 Å². The zero-order valence-corrected chi connectivity index (χ0v) is 16.5. The number of rotatable bonds is 7. The van der Waals surface area contributed by atoms with E-state index in [-0.39, 0.29) is 12.5 Å². The van der Waals surface area contributed by atoms with Crippen LogP contribution < -0.4 is 15.8 Å². The predicted molar refractivity (Wildman–Crippen MR) is 108 cm³/mol. The van der Waals surface area contributed by atoms with Gasteiger partial charge in [0.05, 0.1) is 5.69 Å². The van der Waals surface area contributed by atoms with E-state index in [9.17, 15) is 9.59 Å². The van der Waals surface area contributed by atoms with Crippen molar-refractivity contribution in [3.05, 3.63) is 81.3 Å². The van der Waals surface area contributed by atoms with Gasteiger partial charge >= 0.3 is 0 Å². The van der Waals surface area contributed by atoms with Gasteiger partial charge < -0.3 is 15.8 Å². The highest BCUT2D eigenvalue weighted by Gasteiger charge is 2.23. The van der Waals surface area contributed by atoms with Crippen molar-refractivity contribution < 1.29 is 14.3 Å².